The first-order chi connectivity index (χ1) is 8.65. The van der Waals surface area contributed by atoms with E-state index in [4.69, 9.17) is 0 Å². The smallest absolute Gasteiger partial charge is 0.198 e. The highest BCUT2D eigenvalue weighted by Crippen LogP contribution is 2.32. The van der Waals surface area contributed by atoms with Crippen molar-refractivity contribution in [2.45, 2.75) is 18.8 Å². The largest absolute Gasteiger partial charge is 0.494 e. The van der Waals surface area contributed by atoms with Crippen molar-refractivity contribution in [2.24, 2.45) is 7.05 Å². The predicted octanol–water partition coefficient (Wildman–Crippen LogP) is 2.69. The first kappa shape index (κ1) is 11.6. The zero-order chi connectivity index (χ0) is 12.7. The molecule has 18 heavy (non-hydrogen) atoms. The van der Waals surface area contributed by atoms with Crippen LogP contribution in [0.4, 0.5) is 0 Å². The number of aromatic hydroxyl groups is 1. The summed E-state index contributed by atoms with van der Waals surface area (Å²) in [4.78, 5) is 2.39. The van der Waals surface area contributed by atoms with Crippen molar-refractivity contribution in [3.63, 3.8) is 0 Å². The van der Waals surface area contributed by atoms with Gasteiger partial charge in [0.05, 0.1) is 0 Å². The molecule has 2 heterocycles. The van der Waals surface area contributed by atoms with Crippen molar-refractivity contribution in [3.05, 3.63) is 30.0 Å². The number of rotatable bonds is 1. The van der Waals surface area contributed by atoms with E-state index in [1.807, 2.05) is 13.2 Å². The van der Waals surface area contributed by atoms with Gasteiger partial charge in [0.25, 0.3) is 0 Å². The van der Waals surface area contributed by atoms with Gasteiger partial charge in [0.1, 0.15) is 0 Å². The van der Waals surface area contributed by atoms with E-state index in [1.165, 1.54) is 31.5 Å². The van der Waals surface area contributed by atoms with Crippen LogP contribution in [-0.2, 0) is 7.05 Å². The number of nitrogens with zero attached hydrogens (tertiary/aromatic N) is 2. The van der Waals surface area contributed by atoms with Crippen LogP contribution in [0.3, 0.4) is 0 Å². The van der Waals surface area contributed by atoms with Gasteiger partial charge in [-0.2, -0.15) is 0 Å². The molecule has 0 spiro atoms. The molecule has 3 rings (SSSR count). The highest BCUT2D eigenvalue weighted by atomic mass is 16.3. The Morgan fingerprint density at radius 3 is 2.61 bits per heavy atom. The zero-order valence-electron chi connectivity index (χ0n) is 11.1. The molecule has 1 aliphatic rings. The number of piperidine rings is 1. The third kappa shape index (κ3) is 1.89. The minimum Gasteiger partial charge on any atom is -0.494 e. The lowest BCUT2D eigenvalue weighted by Gasteiger charge is -2.29. The van der Waals surface area contributed by atoms with Crippen molar-refractivity contribution in [3.8, 4) is 5.88 Å². The number of likely N-dealkylation sites (tertiary alicyclic amines) is 1. The molecule has 0 radical (unpaired) electrons. The molecule has 1 saturated heterocycles. The minimum absolute atomic E-state index is 0.361. The second kappa shape index (κ2) is 4.32. The summed E-state index contributed by atoms with van der Waals surface area (Å²) in [7, 11) is 4.07. The summed E-state index contributed by atoms with van der Waals surface area (Å²) < 4.78 is 1.78. The molecule has 0 bridgehead atoms. The van der Waals surface area contributed by atoms with Crippen LogP contribution < -0.4 is 0 Å². The Hall–Kier alpha value is -1.48. The van der Waals surface area contributed by atoms with Crippen molar-refractivity contribution in [2.75, 3.05) is 20.1 Å². The number of aryl methyl sites for hydroxylation is 1. The van der Waals surface area contributed by atoms with Crippen LogP contribution in [0.25, 0.3) is 10.8 Å². The number of hydrogen-bond donors (Lipinski definition) is 1. The Kier molecular flexibility index (Phi) is 2.78. The Morgan fingerprint density at radius 1 is 1.17 bits per heavy atom. The second-order valence-electron chi connectivity index (χ2n) is 5.49. The molecule has 96 valence electrons. The molecule has 2 aromatic rings. The molecule has 3 nitrogen and oxygen atoms in total. The molecule has 0 atom stereocenters. The van der Waals surface area contributed by atoms with E-state index in [9.17, 15) is 5.11 Å². The molecule has 3 heteroatoms. The summed E-state index contributed by atoms with van der Waals surface area (Å²) in [6.45, 7) is 2.37. The quantitative estimate of drug-likeness (QED) is 0.835. The summed E-state index contributed by atoms with van der Waals surface area (Å²) >= 11 is 0. The first-order valence-electron chi connectivity index (χ1n) is 6.61. The maximum atomic E-state index is 9.89. The van der Waals surface area contributed by atoms with E-state index in [0.717, 1.165) is 10.8 Å². The van der Waals surface area contributed by atoms with E-state index >= 15 is 0 Å². The highest BCUT2D eigenvalue weighted by molar-refractivity contribution is 5.88. The lowest BCUT2D eigenvalue weighted by molar-refractivity contribution is 0.255. The van der Waals surface area contributed by atoms with Crippen LogP contribution in [0, 0.1) is 0 Å². The number of aromatic nitrogens is 1. The molecular formula is C15H20N2O. The summed E-state index contributed by atoms with van der Waals surface area (Å²) in [5, 5.41) is 12.0. The third-order valence-electron chi connectivity index (χ3n) is 4.17. The zero-order valence-corrected chi connectivity index (χ0v) is 11.1. The van der Waals surface area contributed by atoms with E-state index in [-0.39, 0.29) is 0 Å². The molecule has 1 aromatic heterocycles. The van der Waals surface area contributed by atoms with Gasteiger partial charge >= 0.3 is 0 Å². The molecule has 0 unspecified atom stereocenters. The molecule has 0 amide bonds. The molecule has 1 aliphatic heterocycles. The topological polar surface area (TPSA) is 28.4 Å². The summed E-state index contributed by atoms with van der Waals surface area (Å²) in [6, 6.07) is 6.47. The molecule has 1 N–H and O–H groups in total. The summed E-state index contributed by atoms with van der Waals surface area (Å²) in [6.07, 6.45) is 4.48. The van der Waals surface area contributed by atoms with Gasteiger partial charge in [-0.1, -0.05) is 6.07 Å². The van der Waals surface area contributed by atoms with Gasteiger partial charge in [-0.05, 0) is 56.6 Å². The molecular weight excluding hydrogens is 224 g/mol. The van der Waals surface area contributed by atoms with Gasteiger partial charge in [0.15, 0.2) is 5.88 Å². The van der Waals surface area contributed by atoms with Gasteiger partial charge in [0, 0.05) is 24.0 Å². The minimum atomic E-state index is 0.361. The van der Waals surface area contributed by atoms with Crippen molar-refractivity contribution in [1.82, 2.24) is 9.47 Å². The Labute approximate surface area is 108 Å². The monoisotopic (exact) mass is 244 g/mol. The number of hydrogen-bond acceptors (Lipinski definition) is 2. The fraction of sp³-hybridized carbons (Fsp3) is 0.467. The Bertz CT molecular complexity index is 565. The van der Waals surface area contributed by atoms with E-state index < -0.39 is 0 Å². The normalized spacial score (nSPS) is 18.6. The van der Waals surface area contributed by atoms with Crippen LogP contribution in [0.5, 0.6) is 5.88 Å². The van der Waals surface area contributed by atoms with Gasteiger partial charge < -0.3 is 14.6 Å². The van der Waals surface area contributed by atoms with Gasteiger partial charge in [0.2, 0.25) is 0 Å². The van der Waals surface area contributed by atoms with Crippen molar-refractivity contribution >= 4 is 10.8 Å². The number of benzene rings is 1. The average Bonchev–Trinajstić information content (AvgIpc) is 2.65. The predicted molar refractivity (Wildman–Crippen MR) is 74.1 cm³/mol. The lowest BCUT2D eigenvalue weighted by Crippen LogP contribution is -2.29. The SMILES string of the molecule is CN1CCC(c2ccc3c(O)n(C)cc3c2)CC1. The lowest BCUT2D eigenvalue weighted by atomic mass is 9.89. The van der Waals surface area contributed by atoms with Gasteiger partial charge in [-0.25, -0.2) is 0 Å². The molecule has 0 saturated carbocycles. The maximum absolute atomic E-state index is 9.89. The van der Waals surface area contributed by atoms with Crippen molar-refractivity contribution in [1.29, 1.82) is 0 Å². The van der Waals surface area contributed by atoms with Crippen LogP contribution in [0.15, 0.2) is 24.4 Å². The van der Waals surface area contributed by atoms with Crippen LogP contribution in [-0.4, -0.2) is 34.7 Å². The van der Waals surface area contributed by atoms with E-state index in [1.54, 1.807) is 4.57 Å². The average molecular weight is 244 g/mol. The van der Waals surface area contributed by atoms with Gasteiger partial charge in [-0.15, -0.1) is 0 Å². The highest BCUT2D eigenvalue weighted by Gasteiger charge is 2.19. The van der Waals surface area contributed by atoms with Crippen LogP contribution in [0.2, 0.25) is 0 Å². The standard InChI is InChI=1S/C15H20N2O/c1-16-7-5-11(6-8-16)12-3-4-14-13(9-12)10-17(2)15(14)18/h3-4,9-11,18H,5-8H2,1-2H3. The van der Waals surface area contributed by atoms with Crippen molar-refractivity contribution < 1.29 is 5.11 Å². The van der Waals surface area contributed by atoms with Crippen LogP contribution >= 0.6 is 0 Å². The molecule has 1 fully saturated rings. The summed E-state index contributed by atoms with van der Waals surface area (Å²) in [5.74, 6) is 1.04. The summed E-state index contributed by atoms with van der Waals surface area (Å²) in [5.41, 5.74) is 1.42. The Morgan fingerprint density at radius 2 is 1.89 bits per heavy atom. The fourth-order valence-corrected chi connectivity index (χ4v) is 2.95. The maximum Gasteiger partial charge on any atom is 0.198 e. The molecule has 1 aromatic carbocycles. The van der Waals surface area contributed by atoms with Crippen LogP contribution in [0.1, 0.15) is 24.3 Å². The Balaban J connectivity index is 1.93. The van der Waals surface area contributed by atoms with Gasteiger partial charge in [-0.3, -0.25) is 0 Å². The molecule has 0 aliphatic carbocycles. The first-order valence-corrected chi connectivity index (χ1v) is 6.61. The fourth-order valence-electron chi connectivity index (χ4n) is 2.95. The van der Waals surface area contributed by atoms with E-state index in [2.05, 4.69) is 30.1 Å². The third-order valence-corrected chi connectivity index (χ3v) is 4.17. The van der Waals surface area contributed by atoms with E-state index in [0.29, 0.717) is 11.8 Å². The number of fused-ring (bicyclic) bond motifs is 1. The second-order valence-corrected chi connectivity index (χ2v) is 5.49.